The molecule has 1 aromatic heterocycles. The third-order valence-electron chi connectivity index (χ3n) is 5.67. The van der Waals surface area contributed by atoms with Gasteiger partial charge in [0, 0.05) is 18.8 Å². The van der Waals surface area contributed by atoms with Crippen LogP contribution in [0.2, 0.25) is 0 Å². The van der Waals surface area contributed by atoms with Crippen molar-refractivity contribution >= 4 is 22.6 Å². The minimum atomic E-state index is -1.20. The van der Waals surface area contributed by atoms with Crippen LogP contribution in [0.15, 0.2) is 23.1 Å². The fraction of sp³-hybridized carbons (Fsp3) is 0.500. The van der Waals surface area contributed by atoms with Crippen LogP contribution in [0.1, 0.15) is 49.0 Å². The Labute approximate surface area is 157 Å². The number of nitrogens with zero attached hydrogens (tertiary/aromatic N) is 2. The molecule has 2 heterocycles. The first kappa shape index (κ1) is 17.9. The summed E-state index contributed by atoms with van der Waals surface area (Å²) in [6.45, 7) is 3.02. The molecule has 1 saturated carbocycles. The monoisotopic (exact) mass is 371 g/mol. The van der Waals surface area contributed by atoms with Crippen LogP contribution in [0.25, 0.3) is 10.9 Å². The molecule has 1 saturated heterocycles. The number of anilines is 1. The first-order valence-corrected chi connectivity index (χ1v) is 9.43. The number of rotatable bonds is 4. The van der Waals surface area contributed by atoms with Gasteiger partial charge in [-0.2, -0.15) is 0 Å². The molecule has 1 aliphatic heterocycles. The van der Waals surface area contributed by atoms with Gasteiger partial charge in [-0.25, -0.2) is 4.79 Å². The number of pyridine rings is 1. The number of nitrogens with two attached hydrogens (primary N) is 1. The molecule has 2 fully saturated rings. The molecule has 1 aromatic carbocycles. The second-order valence-electron chi connectivity index (χ2n) is 7.73. The molecule has 7 nitrogen and oxygen atoms in total. The zero-order valence-corrected chi connectivity index (χ0v) is 15.6. The van der Waals surface area contributed by atoms with Crippen molar-refractivity contribution < 1.29 is 14.6 Å². The molecular formula is C20H25N3O4. The van der Waals surface area contributed by atoms with E-state index in [1.165, 1.54) is 6.20 Å². The summed E-state index contributed by atoms with van der Waals surface area (Å²) in [5.74, 6) is -0.0885. The zero-order valence-electron chi connectivity index (χ0n) is 15.6. The average Bonchev–Trinajstić information content (AvgIpc) is 3.48. The smallest absolute Gasteiger partial charge is 0.341 e. The van der Waals surface area contributed by atoms with E-state index in [0.29, 0.717) is 22.6 Å². The SMILES string of the molecule is COc1c(N2CC(C)CCC2N)ccc2c(=O)c(C(=O)O)cn(C3CC3)c12. The van der Waals surface area contributed by atoms with Crippen molar-refractivity contribution in [1.29, 1.82) is 0 Å². The van der Waals surface area contributed by atoms with E-state index in [-0.39, 0.29) is 17.8 Å². The molecule has 0 amide bonds. The lowest BCUT2D eigenvalue weighted by atomic mass is 9.97. The number of carbonyl (C=O) groups is 1. The highest BCUT2D eigenvalue weighted by Gasteiger charge is 2.31. The summed E-state index contributed by atoms with van der Waals surface area (Å²) in [5, 5.41) is 9.81. The van der Waals surface area contributed by atoms with Crippen LogP contribution >= 0.6 is 0 Å². The molecule has 2 unspecified atom stereocenters. The predicted molar refractivity (Wildman–Crippen MR) is 104 cm³/mol. The van der Waals surface area contributed by atoms with Crippen LogP contribution in [0.5, 0.6) is 5.75 Å². The van der Waals surface area contributed by atoms with Crippen molar-refractivity contribution in [3.63, 3.8) is 0 Å². The van der Waals surface area contributed by atoms with Gasteiger partial charge >= 0.3 is 5.97 Å². The zero-order chi connectivity index (χ0) is 19.3. The summed E-state index contributed by atoms with van der Waals surface area (Å²) in [4.78, 5) is 26.4. The van der Waals surface area contributed by atoms with Gasteiger partial charge in [0.15, 0.2) is 5.75 Å². The number of carboxylic acid groups (broad SMARTS) is 1. The highest BCUT2D eigenvalue weighted by molar-refractivity contribution is 5.97. The Morgan fingerprint density at radius 1 is 1.26 bits per heavy atom. The van der Waals surface area contributed by atoms with E-state index in [1.54, 1.807) is 13.2 Å². The first-order valence-electron chi connectivity index (χ1n) is 9.43. The molecule has 27 heavy (non-hydrogen) atoms. The maximum Gasteiger partial charge on any atom is 0.341 e. The number of carboxylic acids is 1. The summed E-state index contributed by atoms with van der Waals surface area (Å²) >= 11 is 0. The Morgan fingerprint density at radius 2 is 2.00 bits per heavy atom. The molecule has 1 aliphatic carbocycles. The van der Waals surface area contributed by atoms with Crippen molar-refractivity contribution in [2.75, 3.05) is 18.6 Å². The standard InChI is InChI=1S/C20H25N3O4/c1-11-3-8-16(21)23(9-11)15-7-6-13-17(19(15)27-2)22(12-4-5-12)10-14(18(13)24)20(25)26/h6-7,10-12,16H,3-5,8-9,21H2,1-2H3,(H,25,26). The minimum absolute atomic E-state index is 0.105. The topological polar surface area (TPSA) is 97.8 Å². The summed E-state index contributed by atoms with van der Waals surface area (Å²) in [6.07, 6.45) is 5.27. The van der Waals surface area contributed by atoms with Gasteiger partial charge in [0.05, 0.1) is 29.9 Å². The Kier molecular flexibility index (Phi) is 4.34. The molecule has 4 rings (SSSR count). The molecule has 2 atom stereocenters. The highest BCUT2D eigenvalue weighted by Crippen LogP contribution is 2.43. The number of hydrogen-bond donors (Lipinski definition) is 2. The van der Waals surface area contributed by atoms with Gasteiger partial charge in [-0.1, -0.05) is 6.92 Å². The van der Waals surface area contributed by atoms with Gasteiger partial charge in [0.2, 0.25) is 5.43 Å². The van der Waals surface area contributed by atoms with E-state index < -0.39 is 11.4 Å². The fourth-order valence-electron chi connectivity index (χ4n) is 4.08. The van der Waals surface area contributed by atoms with Crippen LogP contribution in [0.4, 0.5) is 5.69 Å². The largest absolute Gasteiger partial charge is 0.492 e. The summed E-state index contributed by atoms with van der Waals surface area (Å²) in [5.41, 5.74) is 7.22. The Morgan fingerprint density at radius 3 is 2.63 bits per heavy atom. The summed E-state index contributed by atoms with van der Waals surface area (Å²) in [6, 6.07) is 3.75. The lowest BCUT2D eigenvalue weighted by molar-refractivity contribution is 0.0695. The number of aromatic nitrogens is 1. The van der Waals surface area contributed by atoms with E-state index in [9.17, 15) is 14.7 Å². The van der Waals surface area contributed by atoms with Crippen molar-refractivity contribution in [2.45, 2.75) is 44.8 Å². The Bertz CT molecular complexity index is 964. The Balaban J connectivity index is 1.98. The highest BCUT2D eigenvalue weighted by atomic mass is 16.5. The van der Waals surface area contributed by atoms with Crippen molar-refractivity contribution in [3.8, 4) is 5.75 Å². The molecular weight excluding hydrogens is 346 g/mol. The van der Waals surface area contributed by atoms with Gasteiger partial charge < -0.3 is 25.0 Å². The molecule has 0 bridgehead atoms. The van der Waals surface area contributed by atoms with Gasteiger partial charge in [0.25, 0.3) is 0 Å². The molecule has 144 valence electrons. The number of fused-ring (bicyclic) bond motifs is 1. The van der Waals surface area contributed by atoms with E-state index >= 15 is 0 Å². The number of piperidine rings is 1. The Hall–Kier alpha value is -2.54. The van der Waals surface area contributed by atoms with Crippen LogP contribution in [-0.2, 0) is 0 Å². The second kappa shape index (κ2) is 6.56. The summed E-state index contributed by atoms with van der Waals surface area (Å²) in [7, 11) is 1.59. The van der Waals surface area contributed by atoms with Gasteiger partial charge in [-0.3, -0.25) is 4.79 Å². The summed E-state index contributed by atoms with van der Waals surface area (Å²) < 4.78 is 7.67. The van der Waals surface area contributed by atoms with Crippen LogP contribution in [-0.4, -0.2) is 35.5 Å². The number of methoxy groups -OCH3 is 1. The maximum absolute atomic E-state index is 12.7. The van der Waals surface area contributed by atoms with Crippen LogP contribution in [0.3, 0.4) is 0 Å². The van der Waals surface area contributed by atoms with Crippen molar-refractivity contribution in [1.82, 2.24) is 4.57 Å². The predicted octanol–water partition coefficient (Wildman–Crippen LogP) is 2.56. The lowest BCUT2D eigenvalue weighted by Crippen LogP contribution is -2.48. The third-order valence-corrected chi connectivity index (χ3v) is 5.67. The number of ether oxygens (including phenoxy) is 1. The van der Waals surface area contributed by atoms with Crippen molar-refractivity contribution in [2.24, 2.45) is 11.7 Å². The van der Waals surface area contributed by atoms with Crippen LogP contribution < -0.4 is 20.8 Å². The maximum atomic E-state index is 12.7. The fourth-order valence-corrected chi connectivity index (χ4v) is 4.08. The van der Waals surface area contributed by atoms with Crippen LogP contribution in [0, 0.1) is 5.92 Å². The third kappa shape index (κ3) is 2.96. The molecule has 0 spiro atoms. The second-order valence-corrected chi connectivity index (χ2v) is 7.73. The van der Waals surface area contributed by atoms with E-state index in [0.717, 1.165) is 37.9 Å². The van der Waals surface area contributed by atoms with Crippen molar-refractivity contribution in [3.05, 3.63) is 34.1 Å². The normalized spacial score (nSPS) is 22.9. The quantitative estimate of drug-likeness (QED) is 0.857. The average molecular weight is 371 g/mol. The molecule has 2 aliphatic rings. The minimum Gasteiger partial charge on any atom is -0.492 e. The van der Waals surface area contributed by atoms with Gasteiger partial charge in [-0.15, -0.1) is 0 Å². The van der Waals surface area contributed by atoms with E-state index in [1.807, 2.05) is 10.6 Å². The van der Waals surface area contributed by atoms with Gasteiger partial charge in [-0.05, 0) is 43.7 Å². The van der Waals surface area contributed by atoms with E-state index in [2.05, 4.69) is 11.8 Å². The molecule has 3 N–H and O–H groups in total. The number of aromatic carboxylic acids is 1. The molecule has 7 heteroatoms. The first-order chi connectivity index (χ1) is 12.9. The lowest BCUT2D eigenvalue weighted by Gasteiger charge is -2.39. The number of hydrogen-bond acceptors (Lipinski definition) is 5. The molecule has 0 radical (unpaired) electrons. The molecule has 2 aromatic rings. The number of benzene rings is 1. The van der Waals surface area contributed by atoms with E-state index in [4.69, 9.17) is 10.5 Å². The van der Waals surface area contributed by atoms with Gasteiger partial charge in [0.1, 0.15) is 5.56 Å².